The van der Waals surface area contributed by atoms with Crippen molar-refractivity contribution in [2.24, 2.45) is 17.6 Å². The lowest BCUT2D eigenvalue weighted by Gasteiger charge is -2.27. The molecule has 38 heavy (non-hydrogen) atoms. The standard InChI is InChI=1S/C22H16ClN5.C8H15NO/c1-14-25-20-13-19(23)21(27-22(20)26-14)17-5-3-15(4-6-17)16-7-9-18(10-8-16)28-12-2-11-24-28;1-6-2-3-7-4-5-10-8(6,7)9/h2-13H,1H3,(H,25,26,27);6-7H,2-5,9H2,1H3/t;6?,7-,8-/m.1/s1. The molecule has 2 aliphatic rings. The first-order chi connectivity index (χ1) is 18.4. The largest absolute Gasteiger partial charge is 0.360 e. The molecule has 2 aromatic carbocycles. The summed E-state index contributed by atoms with van der Waals surface area (Å²) in [6, 6.07) is 20.3. The molecule has 2 fully saturated rings. The molecule has 4 heterocycles. The second-order valence-corrected chi connectivity index (χ2v) is 10.7. The molecule has 5 aromatic rings. The number of aromatic nitrogens is 5. The van der Waals surface area contributed by atoms with Gasteiger partial charge in [0.15, 0.2) is 5.65 Å². The zero-order valence-electron chi connectivity index (χ0n) is 21.6. The number of aryl methyl sites for hydroxylation is 1. The molecule has 3 atom stereocenters. The van der Waals surface area contributed by atoms with Crippen molar-refractivity contribution in [3.8, 4) is 28.1 Å². The van der Waals surface area contributed by atoms with Crippen LogP contribution in [-0.4, -0.2) is 37.1 Å². The second kappa shape index (κ2) is 9.98. The Labute approximate surface area is 227 Å². The van der Waals surface area contributed by atoms with Crippen LogP contribution in [0.1, 0.15) is 32.0 Å². The van der Waals surface area contributed by atoms with E-state index >= 15 is 0 Å². The van der Waals surface area contributed by atoms with Crippen molar-refractivity contribution in [3.05, 3.63) is 83.9 Å². The maximum absolute atomic E-state index is 6.45. The monoisotopic (exact) mass is 526 g/mol. The van der Waals surface area contributed by atoms with E-state index in [0.717, 1.165) is 46.0 Å². The van der Waals surface area contributed by atoms with Crippen LogP contribution in [0.3, 0.4) is 0 Å². The van der Waals surface area contributed by atoms with Gasteiger partial charge in [0.05, 0.1) is 21.9 Å². The van der Waals surface area contributed by atoms with Crippen LogP contribution < -0.4 is 5.73 Å². The lowest BCUT2D eigenvalue weighted by molar-refractivity contribution is -0.0343. The average molecular weight is 527 g/mol. The van der Waals surface area contributed by atoms with Gasteiger partial charge in [-0.2, -0.15) is 5.10 Å². The van der Waals surface area contributed by atoms with E-state index in [1.807, 2.05) is 42.1 Å². The molecule has 0 amide bonds. The number of aromatic amines is 1. The Hall–Kier alpha value is -3.52. The van der Waals surface area contributed by atoms with Gasteiger partial charge in [-0.1, -0.05) is 54.9 Å². The molecular formula is C30H31ClN6O. The fraction of sp³-hybridized carbons (Fsp3) is 0.300. The van der Waals surface area contributed by atoms with Crippen molar-refractivity contribution in [2.75, 3.05) is 6.61 Å². The minimum Gasteiger partial charge on any atom is -0.360 e. The van der Waals surface area contributed by atoms with Crippen molar-refractivity contribution in [2.45, 2.75) is 38.8 Å². The number of nitrogens with two attached hydrogens (primary N) is 1. The smallest absolute Gasteiger partial charge is 0.178 e. The second-order valence-electron chi connectivity index (χ2n) is 10.3. The van der Waals surface area contributed by atoms with Gasteiger partial charge in [0.1, 0.15) is 11.5 Å². The van der Waals surface area contributed by atoms with E-state index in [0.29, 0.717) is 22.5 Å². The van der Waals surface area contributed by atoms with E-state index in [9.17, 15) is 0 Å². The highest BCUT2D eigenvalue weighted by Gasteiger charge is 2.49. The van der Waals surface area contributed by atoms with Crippen LogP contribution in [0, 0.1) is 18.8 Å². The number of rotatable bonds is 3. The summed E-state index contributed by atoms with van der Waals surface area (Å²) in [7, 11) is 0. The Kier molecular flexibility index (Phi) is 6.51. The number of ether oxygens (including phenoxy) is 1. The van der Waals surface area contributed by atoms with Crippen LogP contribution in [0.4, 0.5) is 0 Å². The third-order valence-electron chi connectivity index (χ3n) is 7.85. The molecule has 0 radical (unpaired) electrons. The maximum Gasteiger partial charge on any atom is 0.178 e. The number of H-pyrrole nitrogens is 1. The number of hydrogen-bond acceptors (Lipinski definition) is 5. The molecule has 3 N–H and O–H groups in total. The summed E-state index contributed by atoms with van der Waals surface area (Å²) in [5.74, 6) is 2.05. The summed E-state index contributed by atoms with van der Waals surface area (Å²) in [6.07, 6.45) is 7.41. The first-order valence-electron chi connectivity index (χ1n) is 13.1. The maximum atomic E-state index is 6.45. The molecule has 0 bridgehead atoms. The Morgan fingerprint density at radius 1 is 1.00 bits per heavy atom. The minimum atomic E-state index is -0.236. The van der Waals surface area contributed by atoms with Gasteiger partial charge in [-0.3, -0.25) is 0 Å². The molecule has 194 valence electrons. The predicted molar refractivity (Wildman–Crippen MR) is 151 cm³/mol. The number of benzene rings is 2. The number of halogens is 1. The van der Waals surface area contributed by atoms with Crippen molar-refractivity contribution in [3.63, 3.8) is 0 Å². The summed E-state index contributed by atoms with van der Waals surface area (Å²) < 4.78 is 7.40. The highest BCUT2D eigenvalue weighted by atomic mass is 35.5. The Morgan fingerprint density at radius 2 is 1.71 bits per heavy atom. The zero-order valence-corrected chi connectivity index (χ0v) is 22.3. The van der Waals surface area contributed by atoms with Gasteiger partial charge in [0.25, 0.3) is 0 Å². The molecule has 3 aromatic heterocycles. The summed E-state index contributed by atoms with van der Waals surface area (Å²) in [4.78, 5) is 12.2. The quantitative estimate of drug-likeness (QED) is 0.278. The van der Waals surface area contributed by atoms with Crippen LogP contribution >= 0.6 is 11.6 Å². The summed E-state index contributed by atoms with van der Waals surface area (Å²) >= 11 is 6.45. The van der Waals surface area contributed by atoms with E-state index in [4.69, 9.17) is 22.1 Å². The van der Waals surface area contributed by atoms with Crippen LogP contribution in [-0.2, 0) is 4.74 Å². The summed E-state index contributed by atoms with van der Waals surface area (Å²) in [5.41, 5.74) is 12.4. The molecule has 1 saturated heterocycles. The molecule has 1 aliphatic heterocycles. The molecule has 7 nitrogen and oxygen atoms in total. The SMILES string of the molecule is CC1CC[C@@H]2CCO[C@]12N.Cc1nc2nc(-c3ccc(-c4ccc(-n5cccn5)cc4)cc3)c(Cl)cc2[nH]1. The van der Waals surface area contributed by atoms with E-state index in [1.165, 1.54) is 19.3 Å². The van der Waals surface area contributed by atoms with Gasteiger partial charge in [0, 0.05) is 30.5 Å². The molecule has 8 heteroatoms. The fourth-order valence-electron chi connectivity index (χ4n) is 5.60. The van der Waals surface area contributed by atoms with Crippen LogP contribution in [0.5, 0.6) is 0 Å². The summed E-state index contributed by atoms with van der Waals surface area (Å²) in [5, 5.41) is 4.86. The van der Waals surface area contributed by atoms with Gasteiger partial charge in [-0.15, -0.1) is 0 Å². The van der Waals surface area contributed by atoms with E-state index in [2.05, 4.69) is 63.4 Å². The molecular weight excluding hydrogens is 496 g/mol. The first kappa shape index (κ1) is 24.8. The van der Waals surface area contributed by atoms with E-state index < -0.39 is 0 Å². The van der Waals surface area contributed by atoms with Crippen LogP contribution in [0.25, 0.3) is 39.2 Å². The topological polar surface area (TPSA) is 94.6 Å². The van der Waals surface area contributed by atoms with Gasteiger partial charge < -0.3 is 15.5 Å². The van der Waals surface area contributed by atoms with Crippen molar-refractivity contribution in [1.82, 2.24) is 24.7 Å². The number of hydrogen-bond donors (Lipinski definition) is 2. The Balaban J connectivity index is 0.000000221. The molecule has 0 spiro atoms. The molecule has 7 rings (SSSR count). The number of imidazole rings is 1. The molecule has 1 saturated carbocycles. The van der Waals surface area contributed by atoms with Crippen LogP contribution in [0.2, 0.25) is 5.02 Å². The third kappa shape index (κ3) is 4.62. The highest BCUT2D eigenvalue weighted by Crippen LogP contribution is 2.45. The molecule has 1 aliphatic carbocycles. The normalized spacial score (nSPS) is 22.3. The number of nitrogens with one attached hydrogen (secondary N) is 1. The number of pyridine rings is 1. The van der Waals surface area contributed by atoms with Crippen molar-refractivity contribution < 1.29 is 4.74 Å². The minimum absolute atomic E-state index is 0.236. The highest BCUT2D eigenvalue weighted by molar-refractivity contribution is 6.33. The van der Waals surface area contributed by atoms with E-state index in [1.54, 1.807) is 6.20 Å². The van der Waals surface area contributed by atoms with Gasteiger partial charge in [0.2, 0.25) is 0 Å². The third-order valence-corrected chi connectivity index (χ3v) is 8.14. The molecule has 1 unspecified atom stereocenters. The first-order valence-corrected chi connectivity index (χ1v) is 13.4. The summed E-state index contributed by atoms with van der Waals surface area (Å²) in [6.45, 7) is 4.98. The predicted octanol–water partition coefficient (Wildman–Crippen LogP) is 6.55. The lowest BCUT2D eigenvalue weighted by Crippen LogP contribution is -2.46. The lowest BCUT2D eigenvalue weighted by atomic mass is 9.95. The number of fused-ring (bicyclic) bond motifs is 2. The number of nitrogens with zero attached hydrogens (tertiary/aromatic N) is 4. The fourth-order valence-corrected chi connectivity index (χ4v) is 5.86. The zero-order chi connectivity index (χ0) is 26.3. The average Bonchev–Trinajstić information content (AvgIpc) is 3.71. The van der Waals surface area contributed by atoms with E-state index in [-0.39, 0.29) is 5.72 Å². The van der Waals surface area contributed by atoms with Crippen molar-refractivity contribution in [1.29, 1.82) is 0 Å². The van der Waals surface area contributed by atoms with Gasteiger partial charge >= 0.3 is 0 Å². The Bertz CT molecular complexity index is 1540. The Morgan fingerprint density at radius 3 is 2.39 bits per heavy atom. The van der Waals surface area contributed by atoms with Gasteiger partial charge in [-0.05, 0) is 67.5 Å². The van der Waals surface area contributed by atoms with Crippen LogP contribution in [0.15, 0.2) is 73.1 Å². The van der Waals surface area contributed by atoms with Gasteiger partial charge in [-0.25, -0.2) is 14.6 Å². The van der Waals surface area contributed by atoms with Crippen molar-refractivity contribution >= 4 is 22.8 Å².